The molecule has 0 aromatic heterocycles. The van der Waals surface area contributed by atoms with E-state index in [0.717, 1.165) is 26.9 Å². The fourth-order valence-corrected chi connectivity index (χ4v) is 3.67. The van der Waals surface area contributed by atoms with Gasteiger partial charge in [-0.05, 0) is 36.8 Å². The Hall–Kier alpha value is -0.940. The van der Waals surface area contributed by atoms with Gasteiger partial charge in [-0.3, -0.25) is 0 Å². The van der Waals surface area contributed by atoms with Crippen LogP contribution in [0.5, 0.6) is 11.5 Å². The Morgan fingerprint density at radius 1 is 1.23 bits per heavy atom. The lowest BCUT2D eigenvalue weighted by atomic mass is 10.1. The van der Waals surface area contributed by atoms with E-state index in [1.165, 1.54) is 0 Å². The molecule has 0 spiro atoms. The number of fused-ring (bicyclic) bond motifs is 1. The van der Waals surface area contributed by atoms with Gasteiger partial charge in [-0.1, -0.05) is 39.1 Å². The molecule has 0 amide bonds. The smallest absolute Gasteiger partial charge is 0.189 e. The summed E-state index contributed by atoms with van der Waals surface area (Å²) in [7, 11) is 0. The van der Waals surface area contributed by atoms with Crippen molar-refractivity contribution in [3.8, 4) is 11.5 Å². The summed E-state index contributed by atoms with van der Waals surface area (Å²) in [6.07, 6.45) is 0. The summed E-state index contributed by atoms with van der Waals surface area (Å²) in [6.45, 7) is 3.00. The molecule has 3 nitrogen and oxygen atoms in total. The van der Waals surface area contributed by atoms with Gasteiger partial charge < -0.3 is 14.2 Å². The summed E-state index contributed by atoms with van der Waals surface area (Å²) >= 11 is 15.8. The van der Waals surface area contributed by atoms with Gasteiger partial charge in [0.15, 0.2) is 6.79 Å². The molecule has 1 aliphatic rings. The highest BCUT2D eigenvalue weighted by Gasteiger charge is 2.17. The van der Waals surface area contributed by atoms with E-state index in [1.54, 1.807) is 0 Å². The van der Waals surface area contributed by atoms with E-state index < -0.39 is 0 Å². The Morgan fingerprint density at radius 2 is 2.05 bits per heavy atom. The zero-order chi connectivity index (χ0) is 15.7. The van der Waals surface area contributed by atoms with E-state index in [4.69, 9.17) is 37.4 Å². The third-order valence-corrected chi connectivity index (χ3v) is 4.27. The zero-order valence-electron chi connectivity index (χ0n) is 11.8. The summed E-state index contributed by atoms with van der Waals surface area (Å²) in [6, 6.07) is 7.45. The molecule has 0 aliphatic carbocycles. The van der Waals surface area contributed by atoms with Crippen molar-refractivity contribution in [2.24, 2.45) is 0 Å². The number of hydrogen-bond acceptors (Lipinski definition) is 3. The lowest BCUT2D eigenvalue weighted by Crippen LogP contribution is -2.14. The predicted octanol–water partition coefficient (Wildman–Crippen LogP) is 5.51. The number of benzene rings is 2. The van der Waals surface area contributed by atoms with E-state index >= 15 is 0 Å². The minimum atomic E-state index is 0.236. The van der Waals surface area contributed by atoms with E-state index in [9.17, 15) is 0 Å². The average molecular weight is 404 g/mol. The van der Waals surface area contributed by atoms with Crippen LogP contribution in [0.1, 0.15) is 16.7 Å². The highest BCUT2D eigenvalue weighted by atomic mass is 79.9. The van der Waals surface area contributed by atoms with Crippen molar-refractivity contribution in [2.45, 2.75) is 20.1 Å². The van der Waals surface area contributed by atoms with E-state index in [1.807, 2.05) is 31.2 Å². The number of aryl methyl sites for hydroxylation is 1. The Bertz CT molecular complexity index is 696. The maximum Gasteiger partial charge on any atom is 0.189 e. The maximum atomic E-state index is 6.24. The fraction of sp³-hybridized carbons (Fsp3) is 0.250. The van der Waals surface area contributed by atoms with Crippen molar-refractivity contribution in [2.75, 3.05) is 6.79 Å². The molecule has 0 saturated heterocycles. The maximum absolute atomic E-state index is 6.24. The molecule has 1 aliphatic heterocycles. The number of rotatable bonds is 3. The Labute approximate surface area is 147 Å². The summed E-state index contributed by atoms with van der Waals surface area (Å²) < 4.78 is 17.7. The SMILES string of the molecule is Cc1cc(Br)cc(Cl)c1OCc1cc(Cl)cc2c1OCOC2. The van der Waals surface area contributed by atoms with Crippen LogP contribution >= 0.6 is 39.1 Å². The second kappa shape index (κ2) is 6.67. The van der Waals surface area contributed by atoms with Crippen LogP contribution in [-0.4, -0.2) is 6.79 Å². The highest BCUT2D eigenvalue weighted by Crippen LogP contribution is 2.35. The number of ether oxygens (including phenoxy) is 3. The predicted molar refractivity (Wildman–Crippen MR) is 90.0 cm³/mol. The van der Waals surface area contributed by atoms with Crippen molar-refractivity contribution in [1.29, 1.82) is 0 Å². The fourth-order valence-electron chi connectivity index (χ4n) is 2.39. The van der Waals surface area contributed by atoms with Crippen LogP contribution in [0.4, 0.5) is 0 Å². The molecule has 0 radical (unpaired) electrons. The molecule has 2 aromatic rings. The van der Waals surface area contributed by atoms with E-state index in [2.05, 4.69) is 15.9 Å². The first-order chi connectivity index (χ1) is 10.5. The van der Waals surface area contributed by atoms with Crippen molar-refractivity contribution in [3.63, 3.8) is 0 Å². The Kier molecular flexibility index (Phi) is 4.83. The summed E-state index contributed by atoms with van der Waals surface area (Å²) in [5, 5.41) is 1.19. The Balaban J connectivity index is 1.87. The molecule has 0 bridgehead atoms. The lowest BCUT2D eigenvalue weighted by molar-refractivity contribution is -0.0175. The molecule has 0 unspecified atom stereocenters. The van der Waals surface area contributed by atoms with Crippen LogP contribution in [0.3, 0.4) is 0 Å². The van der Waals surface area contributed by atoms with Crippen molar-refractivity contribution >= 4 is 39.1 Å². The first-order valence-electron chi connectivity index (χ1n) is 6.65. The van der Waals surface area contributed by atoms with Crippen molar-refractivity contribution in [1.82, 2.24) is 0 Å². The molecular weight excluding hydrogens is 391 g/mol. The van der Waals surface area contributed by atoms with Crippen LogP contribution in [-0.2, 0) is 18.0 Å². The summed E-state index contributed by atoms with van der Waals surface area (Å²) in [5.74, 6) is 1.44. The Morgan fingerprint density at radius 3 is 2.82 bits per heavy atom. The molecule has 0 fully saturated rings. The van der Waals surface area contributed by atoms with Gasteiger partial charge in [0.1, 0.15) is 18.1 Å². The van der Waals surface area contributed by atoms with Gasteiger partial charge in [-0.2, -0.15) is 0 Å². The minimum Gasteiger partial charge on any atom is -0.487 e. The van der Waals surface area contributed by atoms with Gasteiger partial charge in [0.25, 0.3) is 0 Å². The van der Waals surface area contributed by atoms with Crippen molar-refractivity contribution < 1.29 is 14.2 Å². The van der Waals surface area contributed by atoms with Crippen LogP contribution in [0.2, 0.25) is 10.0 Å². The number of halogens is 3. The third-order valence-electron chi connectivity index (χ3n) is 3.32. The van der Waals surface area contributed by atoms with Crippen LogP contribution < -0.4 is 9.47 Å². The summed E-state index contributed by atoms with van der Waals surface area (Å²) in [5.41, 5.74) is 2.76. The van der Waals surface area contributed by atoms with Crippen LogP contribution in [0, 0.1) is 6.92 Å². The molecule has 0 saturated carbocycles. The number of hydrogen-bond donors (Lipinski definition) is 0. The average Bonchev–Trinajstić information content (AvgIpc) is 2.45. The molecular formula is C16H13BrCl2O3. The van der Waals surface area contributed by atoms with Crippen LogP contribution in [0.15, 0.2) is 28.7 Å². The first kappa shape index (κ1) is 15.9. The molecule has 0 atom stereocenters. The third kappa shape index (κ3) is 3.35. The van der Waals surface area contributed by atoms with Crippen LogP contribution in [0.25, 0.3) is 0 Å². The zero-order valence-corrected chi connectivity index (χ0v) is 14.9. The molecule has 116 valence electrons. The van der Waals surface area contributed by atoms with Gasteiger partial charge in [-0.25, -0.2) is 0 Å². The van der Waals surface area contributed by atoms with E-state index in [0.29, 0.717) is 29.0 Å². The molecule has 0 N–H and O–H groups in total. The van der Waals surface area contributed by atoms with Gasteiger partial charge in [0, 0.05) is 20.6 Å². The highest BCUT2D eigenvalue weighted by molar-refractivity contribution is 9.10. The quantitative estimate of drug-likeness (QED) is 0.676. The lowest BCUT2D eigenvalue weighted by Gasteiger charge is -2.21. The van der Waals surface area contributed by atoms with Crippen molar-refractivity contribution in [3.05, 3.63) is 55.5 Å². The second-order valence-corrected chi connectivity index (χ2v) is 6.75. The molecule has 6 heteroatoms. The van der Waals surface area contributed by atoms with Gasteiger partial charge in [0.05, 0.1) is 11.6 Å². The largest absolute Gasteiger partial charge is 0.487 e. The normalized spacial score (nSPS) is 13.5. The van der Waals surface area contributed by atoms with E-state index in [-0.39, 0.29) is 6.79 Å². The summed E-state index contributed by atoms with van der Waals surface area (Å²) in [4.78, 5) is 0. The monoisotopic (exact) mass is 402 g/mol. The minimum absolute atomic E-state index is 0.236. The molecule has 2 aromatic carbocycles. The van der Waals surface area contributed by atoms with Gasteiger partial charge in [-0.15, -0.1) is 0 Å². The topological polar surface area (TPSA) is 27.7 Å². The standard InChI is InChI=1S/C16H13BrCl2O3/c1-9-2-12(17)5-14(19)15(9)21-7-11-4-13(18)3-10-6-20-8-22-16(10)11/h2-5H,6-8H2,1H3. The van der Waals surface area contributed by atoms with Gasteiger partial charge >= 0.3 is 0 Å². The van der Waals surface area contributed by atoms with Gasteiger partial charge in [0.2, 0.25) is 0 Å². The molecule has 1 heterocycles. The molecule has 22 heavy (non-hydrogen) atoms. The second-order valence-electron chi connectivity index (χ2n) is 4.99. The first-order valence-corrected chi connectivity index (χ1v) is 8.20. The molecule has 3 rings (SSSR count).